The van der Waals surface area contributed by atoms with E-state index in [1.807, 2.05) is 12.1 Å². The summed E-state index contributed by atoms with van der Waals surface area (Å²) in [5.41, 5.74) is 7.17. The van der Waals surface area contributed by atoms with Gasteiger partial charge < -0.3 is 16.2 Å². The van der Waals surface area contributed by atoms with E-state index < -0.39 is 6.10 Å². The summed E-state index contributed by atoms with van der Waals surface area (Å²) in [4.78, 5) is 0. The van der Waals surface area contributed by atoms with Gasteiger partial charge in [-0.2, -0.15) is 0 Å². The van der Waals surface area contributed by atoms with Crippen molar-refractivity contribution >= 4 is 21.6 Å². The summed E-state index contributed by atoms with van der Waals surface area (Å²) < 4.78 is 0.845. The van der Waals surface area contributed by atoms with Crippen molar-refractivity contribution in [2.75, 3.05) is 18.8 Å². The van der Waals surface area contributed by atoms with E-state index >= 15 is 0 Å². The van der Waals surface area contributed by atoms with Crippen molar-refractivity contribution in [2.45, 2.75) is 6.10 Å². The highest BCUT2D eigenvalue weighted by atomic mass is 79.9. The van der Waals surface area contributed by atoms with E-state index in [0.717, 1.165) is 10.0 Å². The number of nitrogen functional groups attached to an aromatic ring is 1. The molecule has 1 aromatic carbocycles. The molecule has 4 N–H and O–H groups in total. The van der Waals surface area contributed by atoms with Gasteiger partial charge in [0.1, 0.15) is 0 Å². The summed E-state index contributed by atoms with van der Waals surface area (Å²) in [5.74, 6) is 0. The lowest BCUT2D eigenvalue weighted by molar-refractivity contribution is 0.176. The van der Waals surface area contributed by atoms with Crippen LogP contribution in [0.15, 0.2) is 35.3 Å². The third-order valence-corrected chi connectivity index (χ3v) is 2.75. The Morgan fingerprint density at radius 1 is 1.60 bits per heavy atom. The second-order valence-corrected chi connectivity index (χ2v) is 4.10. The normalized spacial score (nSPS) is 12.4. The van der Waals surface area contributed by atoms with Crippen LogP contribution in [0.5, 0.6) is 0 Å². The van der Waals surface area contributed by atoms with E-state index in [0.29, 0.717) is 18.8 Å². The van der Waals surface area contributed by atoms with E-state index in [2.05, 4.69) is 27.8 Å². The van der Waals surface area contributed by atoms with Crippen LogP contribution in [0.4, 0.5) is 5.69 Å². The molecule has 0 saturated heterocycles. The van der Waals surface area contributed by atoms with Crippen LogP contribution in [0.3, 0.4) is 0 Å². The van der Waals surface area contributed by atoms with Crippen molar-refractivity contribution in [1.29, 1.82) is 0 Å². The van der Waals surface area contributed by atoms with Crippen molar-refractivity contribution in [1.82, 2.24) is 5.32 Å². The Morgan fingerprint density at radius 3 is 2.93 bits per heavy atom. The SMILES string of the molecule is C=CCNCC(O)c1ccc(Br)c(N)c1. The number of aliphatic hydroxyl groups excluding tert-OH is 1. The number of benzene rings is 1. The standard InChI is InChI=1S/C11H15BrN2O/c1-2-5-14-7-11(15)8-3-4-9(12)10(13)6-8/h2-4,6,11,14-15H,1,5,7,13H2. The van der Waals surface area contributed by atoms with Gasteiger partial charge >= 0.3 is 0 Å². The fourth-order valence-electron chi connectivity index (χ4n) is 1.21. The number of halogens is 1. The first-order valence-corrected chi connectivity index (χ1v) is 5.49. The maximum atomic E-state index is 9.79. The minimum atomic E-state index is -0.541. The molecule has 0 aromatic heterocycles. The molecule has 0 aliphatic carbocycles. The number of aliphatic hydroxyl groups is 1. The Bertz CT molecular complexity index is 341. The first-order chi connectivity index (χ1) is 7.15. The van der Waals surface area contributed by atoms with Crippen molar-refractivity contribution in [3.63, 3.8) is 0 Å². The molecule has 3 nitrogen and oxygen atoms in total. The van der Waals surface area contributed by atoms with Gasteiger partial charge in [-0.05, 0) is 33.6 Å². The predicted octanol–water partition coefficient (Wildman–Crippen LogP) is 1.84. The predicted molar refractivity (Wildman–Crippen MR) is 66.6 cm³/mol. The Kier molecular flexibility index (Phi) is 4.81. The fraction of sp³-hybridized carbons (Fsp3) is 0.273. The van der Waals surface area contributed by atoms with Gasteiger partial charge in [0.2, 0.25) is 0 Å². The summed E-state index contributed by atoms with van der Waals surface area (Å²) in [6.07, 6.45) is 1.21. The van der Waals surface area contributed by atoms with Crippen LogP contribution >= 0.6 is 15.9 Å². The van der Waals surface area contributed by atoms with Crippen molar-refractivity contribution in [3.05, 3.63) is 40.9 Å². The summed E-state index contributed by atoms with van der Waals surface area (Å²) in [7, 11) is 0. The minimum absolute atomic E-state index is 0.493. The lowest BCUT2D eigenvalue weighted by Gasteiger charge is -2.12. The minimum Gasteiger partial charge on any atom is -0.398 e. The monoisotopic (exact) mass is 270 g/mol. The number of anilines is 1. The van der Waals surface area contributed by atoms with Crippen LogP contribution in [0, 0.1) is 0 Å². The molecule has 0 aliphatic rings. The maximum Gasteiger partial charge on any atom is 0.0915 e. The molecule has 0 radical (unpaired) electrons. The van der Waals surface area contributed by atoms with Crippen LogP contribution in [0.2, 0.25) is 0 Å². The molecule has 82 valence electrons. The molecular weight excluding hydrogens is 256 g/mol. The first kappa shape index (κ1) is 12.2. The van der Waals surface area contributed by atoms with E-state index in [-0.39, 0.29) is 0 Å². The highest BCUT2D eigenvalue weighted by molar-refractivity contribution is 9.10. The quantitative estimate of drug-likeness (QED) is 0.435. The lowest BCUT2D eigenvalue weighted by Crippen LogP contribution is -2.21. The molecule has 1 aromatic rings. The molecule has 0 fully saturated rings. The smallest absolute Gasteiger partial charge is 0.0915 e. The number of nitrogens with one attached hydrogen (secondary N) is 1. The van der Waals surface area contributed by atoms with Crippen LogP contribution in [0.1, 0.15) is 11.7 Å². The first-order valence-electron chi connectivity index (χ1n) is 4.69. The molecule has 15 heavy (non-hydrogen) atoms. The zero-order chi connectivity index (χ0) is 11.3. The van der Waals surface area contributed by atoms with Gasteiger partial charge in [-0.1, -0.05) is 12.1 Å². The largest absolute Gasteiger partial charge is 0.398 e. The van der Waals surface area contributed by atoms with Gasteiger partial charge in [0.05, 0.1) is 6.10 Å². The number of nitrogens with two attached hydrogens (primary N) is 1. The molecule has 0 saturated carbocycles. The number of rotatable bonds is 5. The van der Waals surface area contributed by atoms with Gasteiger partial charge in [0.15, 0.2) is 0 Å². The summed E-state index contributed by atoms with van der Waals surface area (Å²) >= 11 is 3.31. The van der Waals surface area contributed by atoms with Crippen molar-refractivity contribution in [3.8, 4) is 0 Å². The summed E-state index contributed by atoms with van der Waals surface area (Å²) in [6.45, 7) is 4.76. The van der Waals surface area contributed by atoms with E-state index in [4.69, 9.17) is 5.73 Å². The zero-order valence-corrected chi connectivity index (χ0v) is 10.00. The molecule has 1 atom stereocenters. The van der Waals surface area contributed by atoms with Gasteiger partial charge in [0.25, 0.3) is 0 Å². The summed E-state index contributed by atoms with van der Waals surface area (Å²) in [6, 6.07) is 5.45. The molecule has 0 heterocycles. The second-order valence-electron chi connectivity index (χ2n) is 3.24. The number of hydrogen-bond acceptors (Lipinski definition) is 3. The molecule has 0 spiro atoms. The van der Waals surface area contributed by atoms with Crippen LogP contribution in [-0.4, -0.2) is 18.2 Å². The summed E-state index contributed by atoms with van der Waals surface area (Å²) in [5, 5.41) is 12.8. The van der Waals surface area contributed by atoms with Gasteiger partial charge in [-0.3, -0.25) is 0 Å². The molecule has 4 heteroatoms. The van der Waals surface area contributed by atoms with Crippen LogP contribution < -0.4 is 11.1 Å². The Labute approximate surface area is 98.1 Å². The maximum absolute atomic E-state index is 9.79. The van der Waals surface area contributed by atoms with Crippen LogP contribution in [0.25, 0.3) is 0 Å². The Hall–Kier alpha value is -0.840. The molecule has 0 aliphatic heterocycles. The Balaban J connectivity index is 2.61. The number of hydrogen-bond donors (Lipinski definition) is 3. The van der Waals surface area contributed by atoms with Gasteiger partial charge in [-0.25, -0.2) is 0 Å². The molecule has 0 amide bonds. The van der Waals surface area contributed by atoms with Crippen LogP contribution in [-0.2, 0) is 0 Å². The third kappa shape index (κ3) is 3.66. The van der Waals surface area contributed by atoms with Gasteiger partial charge in [0, 0.05) is 23.2 Å². The van der Waals surface area contributed by atoms with E-state index in [1.165, 1.54) is 0 Å². The highest BCUT2D eigenvalue weighted by Gasteiger charge is 2.07. The van der Waals surface area contributed by atoms with E-state index in [1.54, 1.807) is 12.1 Å². The van der Waals surface area contributed by atoms with Gasteiger partial charge in [-0.15, -0.1) is 6.58 Å². The average Bonchev–Trinajstić information content (AvgIpc) is 2.22. The van der Waals surface area contributed by atoms with Crippen molar-refractivity contribution < 1.29 is 5.11 Å². The van der Waals surface area contributed by atoms with Crippen molar-refractivity contribution in [2.24, 2.45) is 0 Å². The Morgan fingerprint density at radius 2 is 2.33 bits per heavy atom. The lowest BCUT2D eigenvalue weighted by atomic mass is 10.1. The second kappa shape index (κ2) is 5.90. The molecular formula is C11H15BrN2O. The average molecular weight is 271 g/mol. The molecule has 1 rings (SSSR count). The topological polar surface area (TPSA) is 58.3 Å². The zero-order valence-electron chi connectivity index (χ0n) is 8.41. The molecule has 0 bridgehead atoms. The highest BCUT2D eigenvalue weighted by Crippen LogP contribution is 2.23. The third-order valence-electron chi connectivity index (χ3n) is 2.03. The van der Waals surface area contributed by atoms with E-state index in [9.17, 15) is 5.11 Å². The molecule has 1 unspecified atom stereocenters. The fourth-order valence-corrected chi connectivity index (χ4v) is 1.46.